The van der Waals surface area contributed by atoms with Crippen LogP contribution in [0.25, 0.3) is 0 Å². The van der Waals surface area contributed by atoms with E-state index >= 15 is 0 Å². The third-order valence-corrected chi connectivity index (χ3v) is 7.90. The third-order valence-electron chi connectivity index (χ3n) is 5.68. The predicted octanol–water partition coefficient (Wildman–Crippen LogP) is -1.54. The van der Waals surface area contributed by atoms with Crippen molar-refractivity contribution < 1.29 is 54.4 Å². The molecule has 0 aromatic rings. The first-order valence-corrected chi connectivity index (χ1v) is 15.8. The molecule has 16 heteroatoms. The topological polar surface area (TPSA) is 187 Å². The Balaban J connectivity index is 2.34. The molecule has 2 saturated heterocycles. The van der Waals surface area contributed by atoms with Crippen LogP contribution in [-0.2, 0) is 23.7 Å². The summed E-state index contributed by atoms with van der Waals surface area (Å²) < 4.78 is 20.2. The second-order valence-electron chi connectivity index (χ2n) is 9.69. The molecular formula is C19H34Cl3NO11Si. The van der Waals surface area contributed by atoms with Gasteiger partial charge in [0.05, 0.1) is 13.2 Å². The van der Waals surface area contributed by atoms with E-state index in [0.29, 0.717) is 6.04 Å². The Labute approximate surface area is 219 Å². The van der Waals surface area contributed by atoms with Crippen molar-refractivity contribution in [3.05, 3.63) is 0 Å². The average molecular weight is 587 g/mol. The van der Waals surface area contributed by atoms with Crippen LogP contribution in [0.4, 0.5) is 0 Å². The summed E-state index contributed by atoms with van der Waals surface area (Å²) in [6.07, 6.45) is -13.8. The van der Waals surface area contributed by atoms with Crippen molar-refractivity contribution in [2.45, 2.75) is 90.8 Å². The highest BCUT2D eigenvalue weighted by molar-refractivity contribution is 6.76. The fraction of sp³-hybridized carbons (Fsp3) is 0.947. The normalized spacial score (nSPS) is 38.9. The SMILES string of the molecule is C[Si](C)(C)CCO[C@@H]1O[C@H](CO)[C@H](O)[C@H](O[C@@H]2O[C@H](CO)[C@H](O)[C@H](O)[C@H]2O)[C@H]1NC(=O)C(Cl)(Cl)Cl. The molecule has 12 nitrogen and oxygen atoms in total. The number of hydrogen-bond donors (Lipinski definition) is 7. The van der Waals surface area contributed by atoms with E-state index in [1.807, 2.05) is 0 Å². The van der Waals surface area contributed by atoms with Gasteiger partial charge >= 0.3 is 0 Å². The molecule has 0 radical (unpaired) electrons. The van der Waals surface area contributed by atoms with Gasteiger partial charge in [0, 0.05) is 14.7 Å². The molecule has 206 valence electrons. The summed E-state index contributed by atoms with van der Waals surface area (Å²) in [4.78, 5) is 12.5. The van der Waals surface area contributed by atoms with Gasteiger partial charge < -0.3 is 54.9 Å². The Morgan fingerprint density at radius 1 is 0.914 bits per heavy atom. The maximum absolute atomic E-state index is 12.5. The monoisotopic (exact) mass is 585 g/mol. The van der Waals surface area contributed by atoms with Gasteiger partial charge in [-0.2, -0.15) is 0 Å². The number of carbonyl (C=O) groups is 1. The first kappa shape index (κ1) is 31.4. The molecule has 0 aromatic heterocycles. The van der Waals surface area contributed by atoms with Crippen molar-refractivity contribution in [2.75, 3.05) is 19.8 Å². The van der Waals surface area contributed by atoms with E-state index in [1.54, 1.807) is 0 Å². The van der Waals surface area contributed by atoms with Crippen LogP contribution in [0, 0.1) is 0 Å². The smallest absolute Gasteiger partial charge is 0.272 e. The van der Waals surface area contributed by atoms with Crippen LogP contribution < -0.4 is 5.32 Å². The number of alkyl halides is 3. The second kappa shape index (κ2) is 12.8. The van der Waals surface area contributed by atoms with Crippen LogP contribution in [-0.4, -0.2) is 130 Å². The Kier molecular flexibility index (Phi) is 11.5. The lowest BCUT2D eigenvalue weighted by Crippen LogP contribution is -2.68. The van der Waals surface area contributed by atoms with Crippen molar-refractivity contribution in [2.24, 2.45) is 0 Å². The Hall–Kier alpha value is 0.157. The van der Waals surface area contributed by atoms with Crippen LogP contribution in [0.5, 0.6) is 0 Å². The molecule has 0 aliphatic carbocycles. The molecule has 7 N–H and O–H groups in total. The van der Waals surface area contributed by atoms with E-state index in [4.69, 9.17) is 53.8 Å². The minimum atomic E-state index is -2.39. The fourth-order valence-corrected chi connectivity index (χ4v) is 4.47. The molecule has 10 atom stereocenters. The van der Waals surface area contributed by atoms with E-state index in [-0.39, 0.29) is 6.61 Å². The molecule has 0 saturated carbocycles. The number of rotatable bonds is 9. The van der Waals surface area contributed by atoms with Gasteiger partial charge in [-0.3, -0.25) is 4.79 Å². The van der Waals surface area contributed by atoms with Gasteiger partial charge in [-0.15, -0.1) is 0 Å². The Morgan fingerprint density at radius 2 is 1.46 bits per heavy atom. The van der Waals surface area contributed by atoms with Gasteiger partial charge in [0.25, 0.3) is 9.70 Å². The second-order valence-corrected chi connectivity index (χ2v) is 17.6. The summed E-state index contributed by atoms with van der Waals surface area (Å²) >= 11 is 17.1. The Bertz CT molecular complexity index is 696. The van der Waals surface area contributed by atoms with E-state index in [2.05, 4.69) is 25.0 Å². The van der Waals surface area contributed by atoms with Gasteiger partial charge in [0.15, 0.2) is 12.6 Å². The van der Waals surface area contributed by atoms with Gasteiger partial charge in [0.2, 0.25) is 0 Å². The van der Waals surface area contributed by atoms with E-state index < -0.39 is 92.3 Å². The quantitative estimate of drug-likeness (QED) is 0.123. The van der Waals surface area contributed by atoms with Crippen LogP contribution in [0.2, 0.25) is 25.7 Å². The molecule has 2 aliphatic heterocycles. The van der Waals surface area contributed by atoms with Gasteiger partial charge in [-0.05, 0) is 6.04 Å². The van der Waals surface area contributed by atoms with Crippen molar-refractivity contribution in [3.8, 4) is 0 Å². The highest BCUT2D eigenvalue weighted by Gasteiger charge is 2.52. The summed E-state index contributed by atoms with van der Waals surface area (Å²) in [5, 5.41) is 62.9. The predicted molar refractivity (Wildman–Crippen MR) is 127 cm³/mol. The molecule has 0 aromatic carbocycles. The van der Waals surface area contributed by atoms with Crippen molar-refractivity contribution in [1.29, 1.82) is 0 Å². The van der Waals surface area contributed by atoms with E-state index in [1.165, 1.54) is 0 Å². The number of aliphatic hydroxyl groups is 6. The zero-order valence-electron chi connectivity index (χ0n) is 19.5. The maximum Gasteiger partial charge on any atom is 0.272 e. The largest absolute Gasteiger partial charge is 0.394 e. The van der Waals surface area contributed by atoms with Crippen LogP contribution in [0.1, 0.15) is 0 Å². The summed E-state index contributed by atoms with van der Waals surface area (Å²) in [6.45, 7) is 5.19. The van der Waals surface area contributed by atoms with Gasteiger partial charge in [0.1, 0.15) is 48.8 Å². The lowest BCUT2D eigenvalue weighted by atomic mass is 9.95. The molecule has 0 bridgehead atoms. The standard InChI is InChI=1S/C19H34Cl3NO11Si/c1-35(2,3)5-4-31-16-10(23-18(30)19(20,21)22)15(12(27)9(7-25)32-16)34-17-14(29)13(28)11(26)8(6-24)33-17/h8-17,24-29H,4-7H2,1-3H3,(H,23,30)/t8-,9-,10-,11+,12+,13+,14-,15-,16-,17+/m1/s1. The van der Waals surface area contributed by atoms with E-state index in [0.717, 1.165) is 0 Å². The minimum Gasteiger partial charge on any atom is -0.394 e. The number of aliphatic hydroxyl groups excluding tert-OH is 6. The molecule has 0 unspecified atom stereocenters. The third kappa shape index (κ3) is 8.32. The van der Waals surface area contributed by atoms with Crippen molar-refractivity contribution in [3.63, 3.8) is 0 Å². The summed E-state index contributed by atoms with van der Waals surface area (Å²) in [7, 11) is -1.54. The zero-order valence-corrected chi connectivity index (χ0v) is 22.7. The maximum atomic E-state index is 12.5. The molecule has 1 amide bonds. The average Bonchev–Trinajstić information content (AvgIpc) is 2.75. The van der Waals surface area contributed by atoms with Crippen LogP contribution in [0.3, 0.4) is 0 Å². The molecule has 2 rings (SSSR count). The Morgan fingerprint density at radius 3 is 1.97 bits per heavy atom. The van der Waals surface area contributed by atoms with Crippen molar-refractivity contribution >= 4 is 48.8 Å². The first-order chi connectivity index (χ1) is 16.1. The van der Waals surface area contributed by atoms with Crippen molar-refractivity contribution in [1.82, 2.24) is 5.32 Å². The van der Waals surface area contributed by atoms with E-state index in [9.17, 15) is 35.4 Å². The number of ether oxygens (including phenoxy) is 4. The first-order valence-electron chi connectivity index (χ1n) is 11.0. The number of hydrogen-bond acceptors (Lipinski definition) is 11. The minimum absolute atomic E-state index is 0.210. The summed E-state index contributed by atoms with van der Waals surface area (Å²) in [5.74, 6) is -1.09. The summed E-state index contributed by atoms with van der Waals surface area (Å²) in [6, 6.07) is -0.618. The molecular weight excluding hydrogens is 553 g/mol. The van der Waals surface area contributed by atoms with Crippen LogP contribution in [0.15, 0.2) is 0 Å². The van der Waals surface area contributed by atoms with Gasteiger partial charge in [-0.1, -0.05) is 54.4 Å². The van der Waals surface area contributed by atoms with Gasteiger partial charge in [-0.25, -0.2) is 0 Å². The summed E-state index contributed by atoms with van der Waals surface area (Å²) in [5.41, 5.74) is 0. The lowest BCUT2D eigenvalue weighted by Gasteiger charge is -2.47. The number of carbonyl (C=O) groups excluding carboxylic acids is 1. The number of nitrogens with one attached hydrogen (secondary N) is 1. The number of halogens is 3. The highest BCUT2D eigenvalue weighted by atomic mass is 35.6. The van der Waals surface area contributed by atoms with Crippen LogP contribution >= 0.6 is 34.8 Å². The molecule has 35 heavy (non-hydrogen) atoms. The molecule has 2 aliphatic rings. The fourth-order valence-electron chi connectivity index (χ4n) is 3.57. The lowest BCUT2D eigenvalue weighted by molar-refractivity contribution is -0.344. The highest BCUT2D eigenvalue weighted by Crippen LogP contribution is 2.32. The molecule has 0 spiro atoms. The number of amides is 1. The zero-order chi connectivity index (χ0) is 26.7. The molecule has 2 fully saturated rings. The molecule has 2 heterocycles.